The summed E-state index contributed by atoms with van der Waals surface area (Å²) in [6.07, 6.45) is -24.1. The number of hydrogen-bond acceptors (Lipinski definition) is 16. The smallest absolute Gasteiger partial charge is 0.187 e. The molecule has 0 radical (unpaired) electrons. The Morgan fingerprint density at radius 2 is 0.943 bits per heavy atom. The molecule has 206 valence electrons. The summed E-state index contributed by atoms with van der Waals surface area (Å²) in [6.45, 7) is -2.22. The molecule has 3 fully saturated rings. The molecule has 0 bridgehead atoms. The molecule has 0 aliphatic carbocycles. The van der Waals surface area contributed by atoms with Crippen LogP contribution < -0.4 is 0 Å². The van der Waals surface area contributed by atoms with E-state index in [2.05, 4.69) is 0 Å². The molecule has 0 spiro atoms. The van der Waals surface area contributed by atoms with Crippen molar-refractivity contribution in [1.29, 1.82) is 0 Å². The Labute approximate surface area is 199 Å². The predicted octanol–water partition coefficient (Wildman–Crippen LogP) is -6.92. The summed E-state index contributed by atoms with van der Waals surface area (Å²) in [5, 5.41) is 101. The average Bonchev–Trinajstić information content (AvgIpc) is 2.86. The van der Waals surface area contributed by atoms with Gasteiger partial charge in [0.2, 0.25) is 0 Å². The number of aliphatic hydroxyl groups excluding tert-OH is 10. The van der Waals surface area contributed by atoms with E-state index in [-0.39, 0.29) is 0 Å². The topological polar surface area (TPSA) is 258 Å². The molecule has 3 aliphatic heterocycles. The molecule has 16 heteroatoms. The van der Waals surface area contributed by atoms with E-state index in [1.54, 1.807) is 0 Å². The number of ether oxygens (including phenoxy) is 6. The molecule has 0 unspecified atom stereocenters. The lowest BCUT2D eigenvalue weighted by molar-refractivity contribution is -0.379. The fourth-order valence-electron chi connectivity index (χ4n) is 4.23. The van der Waals surface area contributed by atoms with Gasteiger partial charge in [0.25, 0.3) is 0 Å². The van der Waals surface area contributed by atoms with Crippen molar-refractivity contribution < 1.29 is 79.5 Å². The van der Waals surface area contributed by atoms with Crippen molar-refractivity contribution in [1.82, 2.24) is 0 Å². The lowest BCUT2D eigenvalue weighted by Crippen LogP contribution is -2.66. The first-order valence-corrected chi connectivity index (χ1v) is 11.0. The number of methoxy groups -OCH3 is 1. The Morgan fingerprint density at radius 1 is 0.486 bits per heavy atom. The highest BCUT2D eigenvalue weighted by Crippen LogP contribution is 2.32. The van der Waals surface area contributed by atoms with E-state index < -0.39 is 112 Å². The fourth-order valence-corrected chi connectivity index (χ4v) is 4.23. The summed E-state index contributed by atoms with van der Waals surface area (Å²) < 4.78 is 31.9. The van der Waals surface area contributed by atoms with Crippen LogP contribution in [0, 0.1) is 0 Å². The maximum absolute atomic E-state index is 10.8. The number of aliphatic hydroxyl groups is 10. The van der Waals surface area contributed by atoms with Gasteiger partial charge in [0.1, 0.15) is 73.2 Å². The molecule has 0 aromatic heterocycles. The van der Waals surface area contributed by atoms with Gasteiger partial charge in [-0.3, -0.25) is 0 Å². The van der Waals surface area contributed by atoms with E-state index in [0.717, 1.165) is 0 Å². The summed E-state index contributed by atoms with van der Waals surface area (Å²) >= 11 is 0. The number of hydrogen-bond donors (Lipinski definition) is 10. The van der Waals surface area contributed by atoms with Gasteiger partial charge in [0.05, 0.1) is 19.8 Å². The van der Waals surface area contributed by atoms with E-state index in [9.17, 15) is 51.1 Å². The molecule has 0 amide bonds. The largest absolute Gasteiger partial charge is 0.394 e. The third kappa shape index (κ3) is 5.78. The summed E-state index contributed by atoms with van der Waals surface area (Å²) in [5.41, 5.74) is 0. The molecule has 16 nitrogen and oxygen atoms in total. The average molecular weight is 518 g/mol. The highest BCUT2D eigenvalue weighted by molar-refractivity contribution is 4.96. The van der Waals surface area contributed by atoms with Crippen molar-refractivity contribution in [2.45, 2.75) is 92.1 Å². The van der Waals surface area contributed by atoms with E-state index in [0.29, 0.717) is 0 Å². The van der Waals surface area contributed by atoms with Crippen molar-refractivity contribution >= 4 is 0 Å². The molecule has 10 N–H and O–H groups in total. The molecule has 0 aromatic rings. The SMILES string of the molecule is CO[C@@H]1O[C@H](CO)[C@@H](O[C@@H]2O[C@H](CO)[C@H](O)[C@H](O[C@H]3O[C@H](CO)[C@H](O)[C@H](O)[C@H]3O)[C@H]2O)[C@H](O)[C@H]1O. The zero-order valence-electron chi connectivity index (χ0n) is 18.7. The highest BCUT2D eigenvalue weighted by Gasteiger charge is 2.53. The van der Waals surface area contributed by atoms with Crippen LogP contribution in [0.15, 0.2) is 0 Å². The van der Waals surface area contributed by atoms with Crippen LogP contribution in [0.25, 0.3) is 0 Å². The second kappa shape index (κ2) is 12.3. The molecule has 3 heterocycles. The van der Waals surface area contributed by atoms with Gasteiger partial charge >= 0.3 is 0 Å². The van der Waals surface area contributed by atoms with Gasteiger partial charge in [-0.2, -0.15) is 0 Å². The van der Waals surface area contributed by atoms with Crippen molar-refractivity contribution in [2.24, 2.45) is 0 Å². The van der Waals surface area contributed by atoms with Gasteiger partial charge in [-0.15, -0.1) is 0 Å². The van der Waals surface area contributed by atoms with Gasteiger partial charge in [-0.05, 0) is 0 Å². The first kappa shape index (κ1) is 28.9. The Bertz CT molecular complexity index is 652. The predicted molar refractivity (Wildman–Crippen MR) is 106 cm³/mol. The summed E-state index contributed by atoms with van der Waals surface area (Å²) in [5.74, 6) is 0. The Balaban J connectivity index is 1.78. The van der Waals surface area contributed by atoms with E-state index in [1.807, 2.05) is 0 Å². The van der Waals surface area contributed by atoms with Crippen LogP contribution in [-0.2, 0) is 28.4 Å². The van der Waals surface area contributed by atoms with Crippen LogP contribution >= 0.6 is 0 Å². The molecular formula is C19H34O16. The highest BCUT2D eigenvalue weighted by atomic mass is 16.8. The summed E-state index contributed by atoms with van der Waals surface area (Å²) in [6, 6.07) is 0. The second-order valence-corrected chi connectivity index (χ2v) is 8.55. The lowest BCUT2D eigenvalue weighted by atomic mass is 9.96. The van der Waals surface area contributed by atoms with Gasteiger partial charge < -0.3 is 79.5 Å². The van der Waals surface area contributed by atoms with Crippen LogP contribution in [0.2, 0.25) is 0 Å². The normalized spacial score (nSPS) is 51.3. The quantitative estimate of drug-likeness (QED) is 0.143. The van der Waals surface area contributed by atoms with Crippen LogP contribution in [0.4, 0.5) is 0 Å². The van der Waals surface area contributed by atoms with Crippen LogP contribution in [-0.4, -0.2) is 170 Å². The minimum atomic E-state index is -1.87. The minimum absolute atomic E-state index is 0.687. The third-order valence-electron chi connectivity index (χ3n) is 6.31. The van der Waals surface area contributed by atoms with Crippen molar-refractivity contribution in [2.75, 3.05) is 26.9 Å². The van der Waals surface area contributed by atoms with Gasteiger partial charge in [0.15, 0.2) is 18.9 Å². The third-order valence-corrected chi connectivity index (χ3v) is 6.31. The molecule has 15 atom stereocenters. The fraction of sp³-hybridized carbons (Fsp3) is 1.00. The first-order chi connectivity index (χ1) is 16.6. The molecule has 0 saturated carbocycles. The molecule has 35 heavy (non-hydrogen) atoms. The maximum atomic E-state index is 10.8. The monoisotopic (exact) mass is 518 g/mol. The van der Waals surface area contributed by atoms with Crippen molar-refractivity contribution in [3.8, 4) is 0 Å². The van der Waals surface area contributed by atoms with Crippen LogP contribution in [0.1, 0.15) is 0 Å². The Kier molecular flexibility index (Phi) is 10.1. The Morgan fingerprint density at radius 3 is 1.49 bits per heavy atom. The van der Waals surface area contributed by atoms with Gasteiger partial charge in [-0.25, -0.2) is 0 Å². The minimum Gasteiger partial charge on any atom is -0.394 e. The van der Waals surface area contributed by atoms with E-state index in [4.69, 9.17) is 28.4 Å². The van der Waals surface area contributed by atoms with E-state index >= 15 is 0 Å². The zero-order valence-corrected chi connectivity index (χ0v) is 18.7. The second-order valence-electron chi connectivity index (χ2n) is 8.55. The molecule has 3 aliphatic rings. The number of rotatable bonds is 8. The van der Waals surface area contributed by atoms with Gasteiger partial charge in [0, 0.05) is 7.11 Å². The lowest BCUT2D eigenvalue weighted by Gasteiger charge is -2.48. The molecule has 0 aromatic carbocycles. The zero-order chi connectivity index (χ0) is 26.0. The molecule has 3 rings (SSSR count). The van der Waals surface area contributed by atoms with E-state index in [1.165, 1.54) is 7.11 Å². The van der Waals surface area contributed by atoms with Gasteiger partial charge in [-0.1, -0.05) is 0 Å². The van der Waals surface area contributed by atoms with Crippen LogP contribution in [0.5, 0.6) is 0 Å². The Hall–Kier alpha value is -0.640. The van der Waals surface area contributed by atoms with Crippen LogP contribution in [0.3, 0.4) is 0 Å². The molecule has 3 saturated heterocycles. The van der Waals surface area contributed by atoms with Crippen molar-refractivity contribution in [3.05, 3.63) is 0 Å². The first-order valence-electron chi connectivity index (χ1n) is 11.0. The summed E-state index contributed by atoms with van der Waals surface area (Å²) in [7, 11) is 1.21. The maximum Gasteiger partial charge on any atom is 0.187 e. The molecular weight excluding hydrogens is 484 g/mol. The summed E-state index contributed by atoms with van der Waals surface area (Å²) in [4.78, 5) is 0. The standard InChI is InChI=1S/C19H34O16/c1-30-17-13(28)11(26)15(7(4-22)33-17)34-19-14(29)16(9(24)6(3-21)32-19)35-18-12(27)10(25)8(23)5(2-20)31-18/h5-29H,2-4H2,1H3/t5-,6-,7-,8+,9+,10+,11-,12-,13-,14-,15-,16+,17-,18-,19+/m1/s1. The van der Waals surface area contributed by atoms with Crippen molar-refractivity contribution in [3.63, 3.8) is 0 Å².